The monoisotopic (exact) mass is 610 g/mol. The van der Waals surface area contributed by atoms with Crippen LogP contribution in [-0.4, -0.2) is 88.2 Å². The Morgan fingerprint density at radius 2 is 1.65 bits per heavy atom. The lowest BCUT2D eigenvalue weighted by Gasteiger charge is -2.35. The van der Waals surface area contributed by atoms with Crippen LogP contribution in [0.3, 0.4) is 0 Å². The van der Waals surface area contributed by atoms with Gasteiger partial charge in [-0.2, -0.15) is 4.99 Å². The Balaban J connectivity index is 1.30. The van der Waals surface area contributed by atoms with Crippen LogP contribution in [0.15, 0.2) is 52.8 Å². The molecule has 13 heteroatoms. The normalized spacial score (nSPS) is 13.7. The molecule has 1 saturated heterocycles. The highest BCUT2D eigenvalue weighted by Gasteiger charge is 2.21. The van der Waals surface area contributed by atoms with Gasteiger partial charge in [0.1, 0.15) is 5.75 Å². The Morgan fingerprint density at radius 1 is 0.930 bits per heavy atom. The van der Waals surface area contributed by atoms with Gasteiger partial charge >= 0.3 is 0 Å². The Morgan fingerprint density at radius 3 is 2.30 bits per heavy atom. The van der Waals surface area contributed by atoms with E-state index in [-0.39, 0.29) is 17.4 Å². The van der Waals surface area contributed by atoms with Crippen molar-refractivity contribution in [3.8, 4) is 23.0 Å². The van der Waals surface area contributed by atoms with Gasteiger partial charge in [-0.15, -0.1) is 11.3 Å². The van der Waals surface area contributed by atoms with Crippen molar-refractivity contribution in [2.24, 2.45) is 16.5 Å². The summed E-state index contributed by atoms with van der Waals surface area (Å²) in [5.41, 5.74) is 12.4. The molecule has 2 aromatic carbocycles. The largest absolute Gasteiger partial charge is 0.493 e. The number of aliphatic imine (C=N–C) groups is 1. The predicted octanol–water partition coefficient (Wildman–Crippen LogP) is 3.03. The molecule has 43 heavy (non-hydrogen) atoms. The first kappa shape index (κ1) is 31.6. The summed E-state index contributed by atoms with van der Waals surface area (Å²) in [5, 5.41) is 4.66. The standard InChI is InChI=1S/C30H38N6O6S/c1-39-24-10-8-21(26(40-2)27(24)41-3)19-36-14-12-35(13-15-36)11-5-16-42-23-9-7-20(28(37)34-30(31)32)18-22(23)33-29(38)25-6-4-17-43-25/h4,6-10,17-18H,5,11-16,19H2,1-3H3,(H,33,38)(H4,31,32,34,37). The Hall–Kier alpha value is -4.33. The van der Waals surface area contributed by atoms with Crippen molar-refractivity contribution in [3.63, 3.8) is 0 Å². The fraction of sp³-hybridized carbons (Fsp3) is 0.367. The van der Waals surface area contributed by atoms with E-state index in [1.165, 1.54) is 17.4 Å². The number of benzene rings is 2. The fourth-order valence-corrected chi connectivity index (χ4v) is 5.45. The molecule has 5 N–H and O–H groups in total. The topological polar surface area (TPSA) is 154 Å². The van der Waals surface area contributed by atoms with E-state index in [0.29, 0.717) is 40.2 Å². The number of guanidine groups is 1. The number of methoxy groups -OCH3 is 3. The summed E-state index contributed by atoms with van der Waals surface area (Å²) in [4.78, 5) is 34.0. The summed E-state index contributed by atoms with van der Waals surface area (Å²) >= 11 is 1.32. The average Bonchev–Trinajstić information content (AvgIpc) is 3.55. The lowest BCUT2D eigenvalue weighted by atomic mass is 10.1. The number of ether oxygens (including phenoxy) is 4. The molecule has 1 aliphatic heterocycles. The van der Waals surface area contributed by atoms with Crippen LogP contribution >= 0.6 is 11.3 Å². The van der Waals surface area contributed by atoms with E-state index in [1.54, 1.807) is 45.6 Å². The van der Waals surface area contributed by atoms with Gasteiger partial charge < -0.3 is 40.6 Å². The van der Waals surface area contributed by atoms with Gasteiger partial charge in [0.25, 0.3) is 11.8 Å². The molecule has 0 saturated carbocycles. The summed E-state index contributed by atoms with van der Waals surface area (Å²) < 4.78 is 22.6. The molecule has 2 amide bonds. The highest BCUT2D eigenvalue weighted by Crippen LogP contribution is 2.40. The zero-order valence-electron chi connectivity index (χ0n) is 24.6. The van der Waals surface area contributed by atoms with Gasteiger partial charge in [0.2, 0.25) is 5.75 Å². The summed E-state index contributed by atoms with van der Waals surface area (Å²) in [5.74, 6) is 1.15. The van der Waals surface area contributed by atoms with Crippen LogP contribution in [0.25, 0.3) is 0 Å². The molecule has 1 aliphatic rings. The smallest absolute Gasteiger partial charge is 0.280 e. The number of amides is 2. The number of nitrogens with zero attached hydrogens (tertiary/aromatic N) is 3. The lowest BCUT2D eigenvalue weighted by Crippen LogP contribution is -2.46. The molecule has 1 fully saturated rings. The highest BCUT2D eigenvalue weighted by atomic mass is 32.1. The zero-order chi connectivity index (χ0) is 30.8. The molecule has 0 aliphatic carbocycles. The molecule has 3 aromatic rings. The van der Waals surface area contributed by atoms with E-state index in [2.05, 4.69) is 20.1 Å². The maximum atomic E-state index is 12.7. The molecule has 0 spiro atoms. The van der Waals surface area contributed by atoms with Crippen molar-refractivity contribution in [2.45, 2.75) is 13.0 Å². The van der Waals surface area contributed by atoms with Crippen LogP contribution in [0.5, 0.6) is 23.0 Å². The molecule has 1 aromatic heterocycles. The first-order chi connectivity index (χ1) is 20.8. The van der Waals surface area contributed by atoms with Crippen molar-refractivity contribution in [1.82, 2.24) is 9.80 Å². The van der Waals surface area contributed by atoms with Crippen molar-refractivity contribution < 1.29 is 28.5 Å². The van der Waals surface area contributed by atoms with E-state index in [4.69, 9.17) is 30.4 Å². The van der Waals surface area contributed by atoms with Crippen molar-refractivity contribution in [1.29, 1.82) is 0 Å². The lowest BCUT2D eigenvalue weighted by molar-refractivity contribution is 0.0998. The number of hydrogen-bond donors (Lipinski definition) is 3. The molecular weight excluding hydrogens is 572 g/mol. The number of nitrogens with two attached hydrogens (primary N) is 2. The first-order valence-electron chi connectivity index (χ1n) is 13.8. The third kappa shape index (κ3) is 8.37. The molecule has 0 radical (unpaired) electrons. The second-order valence-corrected chi connectivity index (χ2v) is 10.7. The molecular formula is C30H38N6O6S. The van der Waals surface area contributed by atoms with Crippen molar-refractivity contribution >= 4 is 34.8 Å². The SMILES string of the molecule is COc1ccc(CN2CCN(CCCOc3ccc(C(=O)N=C(N)N)cc3NC(=O)c3cccs3)CC2)c(OC)c1OC. The van der Waals surface area contributed by atoms with Crippen LogP contribution in [0.4, 0.5) is 5.69 Å². The van der Waals surface area contributed by atoms with E-state index in [1.807, 2.05) is 17.5 Å². The number of hydrogen-bond acceptors (Lipinski definition) is 9. The molecule has 4 rings (SSSR count). The third-order valence-electron chi connectivity index (χ3n) is 6.97. The molecule has 0 unspecified atom stereocenters. The minimum absolute atomic E-state index is 0.228. The number of rotatable bonds is 13. The van der Waals surface area contributed by atoms with Gasteiger partial charge in [0.05, 0.1) is 38.5 Å². The van der Waals surface area contributed by atoms with Crippen LogP contribution in [0.1, 0.15) is 32.0 Å². The van der Waals surface area contributed by atoms with Crippen LogP contribution < -0.4 is 35.7 Å². The van der Waals surface area contributed by atoms with Gasteiger partial charge in [-0.3, -0.25) is 14.5 Å². The van der Waals surface area contributed by atoms with Gasteiger partial charge in [-0.1, -0.05) is 12.1 Å². The predicted molar refractivity (Wildman–Crippen MR) is 167 cm³/mol. The number of carbonyl (C=O) groups excluding carboxylic acids is 2. The van der Waals surface area contributed by atoms with Gasteiger partial charge in [-0.25, -0.2) is 0 Å². The second kappa shape index (κ2) is 15.2. The maximum Gasteiger partial charge on any atom is 0.280 e. The number of thiophene rings is 1. The van der Waals surface area contributed by atoms with E-state index < -0.39 is 5.91 Å². The van der Waals surface area contributed by atoms with E-state index in [9.17, 15) is 9.59 Å². The van der Waals surface area contributed by atoms with Gasteiger partial charge in [0, 0.05) is 50.4 Å². The van der Waals surface area contributed by atoms with Crippen molar-refractivity contribution in [3.05, 3.63) is 63.8 Å². The minimum Gasteiger partial charge on any atom is -0.493 e. The molecule has 0 atom stereocenters. The summed E-state index contributed by atoms with van der Waals surface area (Å²) in [6.45, 7) is 5.75. The van der Waals surface area contributed by atoms with Gasteiger partial charge in [0.15, 0.2) is 17.5 Å². The van der Waals surface area contributed by atoms with Crippen LogP contribution in [0, 0.1) is 0 Å². The highest BCUT2D eigenvalue weighted by molar-refractivity contribution is 7.12. The number of nitrogens with one attached hydrogen (secondary N) is 1. The quantitative estimate of drug-likeness (QED) is 0.149. The van der Waals surface area contributed by atoms with Gasteiger partial charge in [-0.05, 0) is 42.1 Å². The maximum absolute atomic E-state index is 12.7. The van der Waals surface area contributed by atoms with Crippen LogP contribution in [-0.2, 0) is 6.54 Å². The summed E-state index contributed by atoms with van der Waals surface area (Å²) in [7, 11) is 4.86. The second-order valence-electron chi connectivity index (χ2n) is 9.80. The fourth-order valence-electron chi connectivity index (χ4n) is 4.83. The van der Waals surface area contributed by atoms with E-state index in [0.717, 1.165) is 51.3 Å². The van der Waals surface area contributed by atoms with E-state index >= 15 is 0 Å². The van der Waals surface area contributed by atoms with Crippen LogP contribution in [0.2, 0.25) is 0 Å². The summed E-state index contributed by atoms with van der Waals surface area (Å²) in [6.07, 6.45) is 0.788. The Kier molecular flexibility index (Phi) is 11.2. The number of anilines is 1. The first-order valence-corrected chi connectivity index (χ1v) is 14.7. The number of piperazine rings is 1. The summed E-state index contributed by atoms with van der Waals surface area (Å²) in [6, 6.07) is 12.2. The Bertz CT molecular complexity index is 1420. The zero-order valence-corrected chi connectivity index (χ0v) is 25.4. The van der Waals surface area contributed by atoms with Crippen molar-refractivity contribution in [2.75, 3.05) is 66.0 Å². The minimum atomic E-state index is -0.609. The molecule has 12 nitrogen and oxygen atoms in total. The third-order valence-corrected chi connectivity index (χ3v) is 7.84. The molecule has 0 bridgehead atoms. The average molecular weight is 611 g/mol. The number of carbonyl (C=O) groups is 2. The Labute approximate surface area is 255 Å². The molecule has 230 valence electrons. The molecule has 2 heterocycles.